The number of hydrogen-bond donors (Lipinski definition) is 0. The number of hydrogen-bond acceptors (Lipinski definition) is 4. The van der Waals surface area contributed by atoms with Crippen molar-refractivity contribution < 1.29 is 12.8 Å². The van der Waals surface area contributed by atoms with Crippen LogP contribution in [0.5, 0.6) is 0 Å². The van der Waals surface area contributed by atoms with Crippen LogP contribution in [0.2, 0.25) is 0 Å². The van der Waals surface area contributed by atoms with Crippen molar-refractivity contribution >= 4 is 15.8 Å². The Morgan fingerprint density at radius 2 is 2.10 bits per heavy atom. The average molecular weight is 315 g/mol. The third-order valence-corrected chi connectivity index (χ3v) is 5.73. The minimum atomic E-state index is -3.22. The van der Waals surface area contributed by atoms with Crippen molar-refractivity contribution in [2.45, 2.75) is 26.8 Å². The Kier molecular flexibility index (Phi) is 4.83. The fraction of sp³-hybridized carbons (Fsp3) is 0.643. The first kappa shape index (κ1) is 16.2. The van der Waals surface area contributed by atoms with E-state index >= 15 is 0 Å². The Morgan fingerprint density at radius 1 is 1.38 bits per heavy atom. The molecule has 1 atom stereocenters. The lowest BCUT2D eigenvalue weighted by Gasteiger charge is -2.40. The first-order valence-electron chi connectivity index (χ1n) is 7.16. The topological polar surface area (TPSA) is 53.5 Å². The van der Waals surface area contributed by atoms with Gasteiger partial charge in [-0.3, -0.25) is 0 Å². The van der Waals surface area contributed by atoms with Crippen LogP contribution in [0.15, 0.2) is 18.2 Å². The monoisotopic (exact) mass is 315 g/mol. The highest BCUT2D eigenvalue weighted by Crippen LogP contribution is 2.21. The standard InChI is InChI=1S/C14H22FN3O2S/c1-11(2)10-21(19,20)17-7-8-18(12(3)9-17)14-6-4-5-13(15)16-14/h4-6,11-12H,7-10H2,1-3H3. The molecule has 0 spiro atoms. The number of sulfonamides is 1. The van der Waals surface area contributed by atoms with Crippen LogP contribution in [0.4, 0.5) is 10.2 Å². The van der Waals surface area contributed by atoms with Crippen LogP contribution in [0.25, 0.3) is 0 Å². The lowest BCUT2D eigenvalue weighted by molar-refractivity contribution is 0.338. The Morgan fingerprint density at radius 3 is 2.67 bits per heavy atom. The van der Waals surface area contributed by atoms with Crippen molar-refractivity contribution in [2.75, 3.05) is 30.3 Å². The molecule has 1 fully saturated rings. The molecule has 1 aromatic rings. The zero-order valence-corrected chi connectivity index (χ0v) is 13.5. The van der Waals surface area contributed by atoms with Crippen LogP contribution in [0.3, 0.4) is 0 Å². The van der Waals surface area contributed by atoms with Gasteiger partial charge in [-0.15, -0.1) is 0 Å². The summed E-state index contributed by atoms with van der Waals surface area (Å²) >= 11 is 0. The van der Waals surface area contributed by atoms with Crippen LogP contribution in [0, 0.1) is 11.9 Å². The maximum Gasteiger partial charge on any atom is 0.214 e. The number of aromatic nitrogens is 1. The molecule has 0 radical (unpaired) electrons. The molecule has 1 aliphatic heterocycles. The van der Waals surface area contributed by atoms with Crippen LogP contribution in [0.1, 0.15) is 20.8 Å². The number of nitrogens with zero attached hydrogens (tertiary/aromatic N) is 3. The molecular formula is C14H22FN3O2S. The zero-order valence-electron chi connectivity index (χ0n) is 12.7. The quantitative estimate of drug-likeness (QED) is 0.794. The fourth-order valence-electron chi connectivity index (χ4n) is 2.60. The van der Waals surface area contributed by atoms with Gasteiger partial charge >= 0.3 is 0 Å². The highest BCUT2D eigenvalue weighted by Gasteiger charge is 2.32. The average Bonchev–Trinajstić information content (AvgIpc) is 2.37. The van der Waals surface area contributed by atoms with Gasteiger partial charge in [-0.1, -0.05) is 19.9 Å². The van der Waals surface area contributed by atoms with Crippen LogP contribution in [-0.2, 0) is 10.0 Å². The summed E-state index contributed by atoms with van der Waals surface area (Å²) in [6, 6.07) is 4.64. The van der Waals surface area contributed by atoms with Gasteiger partial charge < -0.3 is 4.90 Å². The molecule has 21 heavy (non-hydrogen) atoms. The minimum absolute atomic E-state index is 0.0324. The highest BCUT2D eigenvalue weighted by molar-refractivity contribution is 7.89. The normalized spacial score (nSPS) is 21.0. The molecule has 1 saturated heterocycles. The molecule has 2 rings (SSSR count). The van der Waals surface area contributed by atoms with Crippen LogP contribution < -0.4 is 4.90 Å². The van der Waals surface area contributed by atoms with Crippen molar-refractivity contribution in [3.8, 4) is 0 Å². The second kappa shape index (κ2) is 6.27. The molecule has 0 aliphatic carbocycles. The van der Waals surface area contributed by atoms with E-state index in [0.717, 1.165) is 0 Å². The number of halogens is 1. The second-order valence-electron chi connectivity index (χ2n) is 5.89. The number of pyridine rings is 1. The van der Waals surface area contributed by atoms with E-state index in [1.165, 1.54) is 10.4 Å². The zero-order chi connectivity index (χ0) is 15.6. The molecule has 0 saturated carbocycles. The molecule has 0 amide bonds. The largest absolute Gasteiger partial charge is 0.351 e. The summed E-state index contributed by atoms with van der Waals surface area (Å²) in [7, 11) is -3.22. The summed E-state index contributed by atoms with van der Waals surface area (Å²) in [5.74, 6) is 0.309. The van der Waals surface area contributed by atoms with Gasteiger partial charge in [0.25, 0.3) is 0 Å². The Labute approximate surface area is 125 Å². The second-order valence-corrected chi connectivity index (χ2v) is 7.90. The first-order chi connectivity index (χ1) is 9.79. The number of rotatable bonds is 4. The predicted octanol–water partition coefficient (Wildman–Crippen LogP) is 1.72. The van der Waals surface area contributed by atoms with Crippen molar-refractivity contribution in [2.24, 2.45) is 5.92 Å². The third kappa shape index (κ3) is 3.91. The van der Waals surface area contributed by atoms with E-state index in [9.17, 15) is 12.8 Å². The van der Waals surface area contributed by atoms with Crippen LogP contribution >= 0.6 is 0 Å². The summed E-state index contributed by atoms with van der Waals surface area (Å²) in [5.41, 5.74) is 0. The Hall–Kier alpha value is -1.21. The van der Waals surface area contributed by atoms with E-state index in [-0.39, 0.29) is 17.7 Å². The summed E-state index contributed by atoms with van der Waals surface area (Å²) in [5, 5.41) is 0. The van der Waals surface area contributed by atoms with E-state index in [2.05, 4.69) is 4.98 Å². The predicted molar refractivity (Wildman–Crippen MR) is 81.2 cm³/mol. The molecule has 5 nitrogen and oxygen atoms in total. The lowest BCUT2D eigenvalue weighted by Crippen LogP contribution is -2.54. The van der Waals surface area contributed by atoms with Gasteiger partial charge in [-0.05, 0) is 25.0 Å². The van der Waals surface area contributed by atoms with Gasteiger partial charge in [0, 0.05) is 25.7 Å². The van der Waals surface area contributed by atoms with Crippen LogP contribution in [-0.4, -0.2) is 49.1 Å². The minimum Gasteiger partial charge on any atom is -0.351 e. The Balaban J connectivity index is 2.09. The molecule has 1 aliphatic rings. The smallest absolute Gasteiger partial charge is 0.214 e. The van der Waals surface area contributed by atoms with Crippen molar-refractivity contribution in [1.29, 1.82) is 0 Å². The molecule has 0 aromatic carbocycles. The molecule has 1 aromatic heterocycles. The molecule has 0 bridgehead atoms. The Bertz CT molecular complexity index is 592. The summed E-state index contributed by atoms with van der Waals surface area (Å²) in [4.78, 5) is 5.82. The number of piperazine rings is 1. The summed E-state index contributed by atoms with van der Waals surface area (Å²) in [6.07, 6.45) is 0. The maximum absolute atomic E-state index is 13.2. The lowest BCUT2D eigenvalue weighted by atomic mass is 10.2. The molecule has 7 heteroatoms. The van der Waals surface area contributed by atoms with Gasteiger partial charge in [0.2, 0.25) is 16.0 Å². The third-order valence-electron chi connectivity index (χ3n) is 3.52. The molecule has 1 unspecified atom stereocenters. The van der Waals surface area contributed by atoms with E-state index < -0.39 is 16.0 Å². The van der Waals surface area contributed by atoms with E-state index in [1.807, 2.05) is 25.7 Å². The van der Waals surface area contributed by atoms with Gasteiger partial charge in [-0.2, -0.15) is 8.70 Å². The van der Waals surface area contributed by atoms with Gasteiger partial charge in [0.15, 0.2) is 0 Å². The van der Waals surface area contributed by atoms with Crippen molar-refractivity contribution in [3.05, 3.63) is 24.1 Å². The summed E-state index contributed by atoms with van der Waals surface area (Å²) < 4.78 is 39.3. The van der Waals surface area contributed by atoms with E-state index in [1.54, 1.807) is 12.1 Å². The molecule has 0 N–H and O–H groups in total. The maximum atomic E-state index is 13.2. The molecule has 2 heterocycles. The van der Waals surface area contributed by atoms with Gasteiger partial charge in [0.05, 0.1) is 5.75 Å². The highest BCUT2D eigenvalue weighted by atomic mass is 32.2. The SMILES string of the molecule is CC(C)CS(=O)(=O)N1CCN(c2cccc(F)n2)C(C)C1. The van der Waals surface area contributed by atoms with E-state index in [4.69, 9.17) is 0 Å². The van der Waals surface area contributed by atoms with Gasteiger partial charge in [0.1, 0.15) is 5.82 Å². The van der Waals surface area contributed by atoms with Gasteiger partial charge in [-0.25, -0.2) is 13.4 Å². The van der Waals surface area contributed by atoms with E-state index in [0.29, 0.717) is 25.5 Å². The number of anilines is 1. The summed E-state index contributed by atoms with van der Waals surface area (Å²) in [6.45, 7) is 7.07. The van der Waals surface area contributed by atoms with Crippen molar-refractivity contribution in [3.63, 3.8) is 0 Å². The van der Waals surface area contributed by atoms with Crippen molar-refractivity contribution in [1.82, 2.24) is 9.29 Å². The first-order valence-corrected chi connectivity index (χ1v) is 8.77. The molecule has 118 valence electrons. The molecular weight excluding hydrogens is 293 g/mol. The fourth-order valence-corrected chi connectivity index (χ4v) is 4.46.